The number of carbonyl (C=O) groups excluding carboxylic acids is 1. The zero-order valence-corrected chi connectivity index (χ0v) is 16.1. The van der Waals surface area contributed by atoms with Crippen molar-refractivity contribution in [3.05, 3.63) is 53.3 Å². The molecule has 0 saturated carbocycles. The molecule has 0 fully saturated rings. The van der Waals surface area contributed by atoms with Crippen LogP contribution in [0.3, 0.4) is 0 Å². The smallest absolute Gasteiger partial charge is 0.251 e. The maximum atomic E-state index is 12.6. The van der Waals surface area contributed by atoms with Crippen molar-refractivity contribution < 1.29 is 19.0 Å². The third-order valence-electron chi connectivity index (χ3n) is 4.15. The van der Waals surface area contributed by atoms with Gasteiger partial charge in [0.2, 0.25) is 5.75 Å². The maximum absolute atomic E-state index is 12.6. The molecular weight excluding hydrogens is 362 g/mol. The molecule has 2 aromatic carbocycles. The van der Waals surface area contributed by atoms with E-state index in [1.54, 1.807) is 16.8 Å². The van der Waals surface area contributed by atoms with Crippen LogP contribution in [0.15, 0.2) is 36.4 Å². The van der Waals surface area contributed by atoms with Gasteiger partial charge >= 0.3 is 0 Å². The molecule has 0 aliphatic rings. The van der Waals surface area contributed by atoms with E-state index in [4.69, 9.17) is 14.2 Å². The Labute approximate surface area is 162 Å². The van der Waals surface area contributed by atoms with Crippen LogP contribution in [0.2, 0.25) is 0 Å². The summed E-state index contributed by atoms with van der Waals surface area (Å²) in [5, 5.41) is 14.5. The molecule has 1 N–H and O–H groups in total. The minimum atomic E-state index is -0.322. The number of hydrogen-bond donors (Lipinski definition) is 1. The highest BCUT2D eigenvalue weighted by Crippen LogP contribution is 2.38. The molecule has 1 aromatic heterocycles. The van der Waals surface area contributed by atoms with Crippen LogP contribution in [0.5, 0.6) is 17.2 Å². The van der Waals surface area contributed by atoms with Crippen molar-refractivity contribution in [2.45, 2.75) is 13.5 Å². The first-order chi connectivity index (χ1) is 13.6. The zero-order chi connectivity index (χ0) is 20.1. The number of amides is 1. The summed E-state index contributed by atoms with van der Waals surface area (Å²) in [6.07, 6.45) is 0. The van der Waals surface area contributed by atoms with Gasteiger partial charge in [-0.2, -0.15) is 4.68 Å². The van der Waals surface area contributed by atoms with Gasteiger partial charge in [0.1, 0.15) is 0 Å². The molecule has 0 bridgehead atoms. The maximum Gasteiger partial charge on any atom is 0.251 e. The quantitative estimate of drug-likeness (QED) is 0.665. The fraction of sp³-hybridized carbons (Fsp3) is 0.263. The van der Waals surface area contributed by atoms with Crippen molar-refractivity contribution in [3.63, 3.8) is 0 Å². The molecule has 146 valence electrons. The van der Waals surface area contributed by atoms with E-state index in [9.17, 15) is 4.79 Å². The predicted molar refractivity (Wildman–Crippen MR) is 101 cm³/mol. The molecule has 0 atom stereocenters. The Kier molecular flexibility index (Phi) is 5.73. The van der Waals surface area contributed by atoms with Gasteiger partial charge < -0.3 is 19.5 Å². The number of nitrogens with one attached hydrogen (secondary N) is 1. The summed E-state index contributed by atoms with van der Waals surface area (Å²) in [7, 11) is 4.49. The minimum absolute atomic E-state index is 0.149. The first kappa shape index (κ1) is 19.2. The van der Waals surface area contributed by atoms with Gasteiger partial charge in [0.15, 0.2) is 17.3 Å². The highest BCUT2D eigenvalue weighted by molar-refractivity contribution is 5.95. The van der Waals surface area contributed by atoms with Gasteiger partial charge in [0.05, 0.1) is 33.6 Å². The summed E-state index contributed by atoms with van der Waals surface area (Å²) in [6, 6.07) is 10.9. The van der Waals surface area contributed by atoms with E-state index < -0.39 is 0 Å². The highest BCUT2D eigenvalue weighted by Gasteiger charge is 2.18. The van der Waals surface area contributed by atoms with Gasteiger partial charge in [0, 0.05) is 5.56 Å². The van der Waals surface area contributed by atoms with Crippen molar-refractivity contribution in [1.82, 2.24) is 25.5 Å². The van der Waals surface area contributed by atoms with Gasteiger partial charge in [-0.15, -0.1) is 5.10 Å². The molecule has 0 unspecified atom stereocenters. The minimum Gasteiger partial charge on any atom is -0.493 e. The Morgan fingerprint density at radius 1 is 1.04 bits per heavy atom. The van der Waals surface area contributed by atoms with Crippen molar-refractivity contribution in [2.24, 2.45) is 0 Å². The lowest BCUT2D eigenvalue weighted by atomic mass is 10.1. The molecule has 28 heavy (non-hydrogen) atoms. The van der Waals surface area contributed by atoms with Crippen molar-refractivity contribution in [2.75, 3.05) is 21.3 Å². The number of aromatic nitrogens is 4. The summed E-state index contributed by atoms with van der Waals surface area (Å²) in [5.41, 5.74) is 2.31. The van der Waals surface area contributed by atoms with E-state index in [0.29, 0.717) is 28.6 Å². The van der Waals surface area contributed by atoms with E-state index in [-0.39, 0.29) is 12.5 Å². The van der Waals surface area contributed by atoms with E-state index >= 15 is 0 Å². The lowest BCUT2D eigenvalue weighted by Crippen LogP contribution is -2.25. The van der Waals surface area contributed by atoms with Crippen molar-refractivity contribution >= 4 is 5.91 Å². The molecule has 1 amide bonds. The highest BCUT2D eigenvalue weighted by atomic mass is 16.5. The molecule has 0 saturated heterocycles. The molecule has 0 radical (unpaired) electrons. The number of benzene rings is 2. The number of hydrogen-bond acceptors (Lipinski definition) is 7. The number of methoxy groups -OCH3 is 3. The summed E-state index contributed by atoms with van der Waals surface area (Å²) < 4.78 is 17.4. The van der Waals surface area contributed by atoms with Gasteiger partial charge in [-0.1, -0.05) is 17.7 Å². The molecule has 1 heterocycles. The van der Waals surface area contributed by atoms with Crippen molar-refractivity contribution in [1.29, 1.82) is 0 Å². The standard InChI is InChI=1S/C19H21N5O4/c1-12-5-7-14(8-6-12)24-17(21-22-23-24)11-20-19(25)13-9-15(26-2)18(28-4)16(10-13)27-3/h5-10H,11H2,1-4H3,(H,20,25). The molecule has 9 nitrogen and oxygen atoms in total. The zero-order valence-electron chi connectivity index (χ0n) is 16.1. The van der Waals surface area contributed by atoms with Crippen LogP contribution in [0, 0.1) is 6.92 Å². The average molecular weight is 383 g/mol. The lowest BCUT2D eigenvalue weighted by molar-refractivity contribution is 0.0948. The third-order valence-corrected chi connectivity index (χ3v) is 4.15. The Morgan fingerprint density at radius 2 is 1.68 bits per heavy atom. The Morgan fingerprint density at radius 3 is 2.25 bits per heavy atom. The summed E-state index contributed by atoms with van der Waals surface area (Å²) >= 11 is 0. The second-order valence-corrected chi connectivity index (χ2v) is 5.94. The van der Waals surface area contributed by atoms with E-state index in [0.717, 1.165) is 11.3 Å². The monoisotopic (exact) mass is 383 g/mol. The molecular formula is C19H21N5O4. The van der Waals surface area contributed by atoms with Crippen LogP contribution >= 0.6 is 0 Å². The number of aryl methyl sites for hydroxylation is 1. The number of rotatable bonds is 7. The summed E-state index contributed by atoms with van der Waals surface area (Å²) in [6.45, 7) is 2.15. The predicted octanol–water partition coefficient (Wildman–Crippen LogP) is 1.93. The molecule has 0 aliphatic heterocycles. The third kappa shape index (κ3) is 3.88. The Bertz CT molecular complexity index is 944. The first-order valence-electron chi connectivity index (χ1n) is 8.50. The Hall–Kier alpha value is -3.62. The van der Waals surface area contributed by atoms with Gasteiger partial charge in [0.25, 0.3) is 5.91 Å². The largest absolute Gasteiger partial charge is 0.493 e. The van der Waals surface area contributed by atoms with Gasteiger partial charge in [-0.05, 0) is 41.6 Å². The van der Waals surface area contributed by atoms with Crippen LogP contribution in [0.1, 0.15) is 21.7 Å². The van der Waals surface area contributed by atoms with E-state index in [2.05, 4.69) is 20.8 Å². The van der Waals surface area contributed by atoms with Crippen LogP contribution in [0.4, 0.5) is 0 Å². The number of ether oxygens (including phenoxy) is 3. The van der Waals surface area contributed by atoms with E-state index in [1.165, 1.54) is 21.3 Å². The second kappa shape index (κ2) is 8.38. The number of tetrazole rings is 1. The van der Waals surface area contributed by atoms with Crippen LogP contribution in [0.25, 0.3) is 5.69 Å². The fourth-order valence-corrected chi connectivity index (χ4v) is 2.68. The Balaban J connectivity index is 1.78. The molecule has 9 heteroatoms. The van der Waals surface area contributed by atoms with Crippen LogP contribution in [-0.4, -0.2) is 47.4 Å². The molecule has 0 spiro atoms. The van der Waals surface area contributed by atoms with E-state index in [1.807, 2.05) is 31.2 Å². The topological polar surface area (TPSA) is 100 Å². The van der Waals surface area contributed by atoms with Crippen LogP contribution in [-0.2, 0) is 6.54 Å². The molecule has 3 aromatic rings. The number of carbonyl (C=O) groups is 1. The number of nitrogens with zero attached hydrogens (tertiary/aromatic N) is 4. The molecule has 0 aliphatic carbocycles. The summed E-state index contributed by atoms with van der Waals surface area (Å²) in [5.74, 6) is 1.40. The van der Waals surface area contributed by atoms with Gasteiger partial charge in [-0.25, -0.2) is 0 Å². The lowest BCUT2D eigenvalue weighted by Gasteiger charge is -2.14. The molecule has 3 rings (SSSR count). The fourth-order valence-electron chi connectivity index (χ4n) is 2.68. The summed E-state index contributed by atoms with van der Waals surface area (Å²) in [4.78, 5) is 12.6. The van der Waals surface area contributed by atoms with Crippen molar-refractivity contribution in [3.8, 4) is 22.9 Å². The first-order valence-corrected chi connectivity index (χ1v) is 8.50. The van der Waals surface area contributed by atoms with Gasteiger partial charge in [-0.3, -0.25) is 4.79 Å². The van der Waals surface area contributed by atoms with Crippen LogP contribution < -0.4 is 19.5 Å². The average Bonchev–Trinajstić information content (AvgIpc) is 3.19. The second-order valence-electron chi connectivity index (χ2n) is 5.94. The normalized spacial score (nSPS) is 10.4. The SMILES string of the molecule is COc1cc(C(=O)NCc2nnnn2-c2ccc(C)cc2)cc(OC)c1OC.